The number of hydrogen-bond donors (Lipinski definition) is 3. The molecule has 3 rings (SSSR count). The van der Waals surface area contributed by atoms with E-state index in [0.717, 1.165) is 25.1 Å². The van der Waals surface area contributed by atoms with Crippen LogP contribution in [0.1, 0.15) is 80.2 Å². The van der Waals surface area contributed by atoms with Crippen LogP contribution in [-0.4, -0.2) is 62.1 Å². The molecule has 1 aliphatic rings. The van der Waals surface area contributed by atoms with Gasteiger partial charge in [-0.2, -0.15) is 13.2 Å². The summed E-state index contributed by atoms with van der Waals surface area (Å²) in [4.78, 5) is 36.0. The van der Waals surface area contributed by atoms with E-state index in [-0.39, 0.29) is 39.5 Å². The molecular weight excluding hydrogens is 495 g/mol. The molecule has 12 heteroatoms. The fraction of sp³-hybridized carbons (Fsp3) is 0.583. The Kier molecular flexibility index (Phi) is 7.71. The highest BCUT2D eigenvalue weighted by Crippen LogP contribution is 2.42. The Morgan fingerprint density at radius 2 is 1.89 bits per heavy atom. The summed E-state index contributed by atoms with van der Waals surface area (Å²) in [5.74, 6) is -1.19. The molecule has 1 aliphatic heterocycles. The first-order chi connectivity index (χ1) is 16.5. The molecule has 198 valence electrons. The lowest BCUT2D eigenvalue weighted by atomic mass is 10.1. The van der Waals surface area contributed by atoms with Crippen LogP contribution in [0.2, 0.25) is 0 Å². The fourth-order valence-corrected chi connectivity index (χ4v) is 4.81. The third-order valence-corrected chi connectivity index (χ3v) is 6.56. The summed E-state index contributed by atoms with van der Waals surface area (Å²) in [5.41, 5.74) is -3.26. The van der Waals surface area contributed by atoms with Crippen LogP contribution < -0.4 is 10.6 Å². The molecule has 0 unspecified atom stereocenters. The number of pyridine rings is 1. The number of aromatic nitrogens is 2. The van der Waals surface area contributed by atoms with Crippen molar-refractivity contribution in [1.82, 2.24) is 20.2 Å². The summed E-state index contributed by atoms with van der Waals surface area (Å²) in [6, 6.07) is 0.805. The normalized spacial score (nSPS) is 16.8. The largest absolute Gasteiger partial charge is 0.417 e. The first kappa shape index (κ1) is 27.9. The van der Waals surface area contributed by atoms with Crippen LogP contribution in [0, 0.1) is 0 Å². The van der Waals surface area contributed by atoms with E-state index in [2.05, 4.69) is 20.6 Å². The van der Waals surface area contributed by atoms with Crippen molar-refractivity contribution < 1.29 is 27.9 Å². The van der Waals surface area contributed by atoms with Gasteiger partial charge < -0.3 is 20.6 Å². The van der Waals surface area contributed by atoms with Gasteiger partial charge in [-0.05, 0) is 60.5 Å². The molecule has 2 amide bonds. The fourth-order valence-electron chi connectivity index (χ4n) is 3.81. The third-order valence-electron chi connectivity index (χ3n) is 5.48. The Morgan fingerprint density at radius 3 is 2.42 bits per heavy atom. The van der Waals surface area contributed by atoms with Gasteiger partial charge in [0.1, 0.15) is 11.5 Å². The smallest absolute Gasteiger partial charge is 0.389 e. The molecule has 3 heterocycles. The molecule has 0 spiro atoms. The van der Waals surface area contributed by atoms with Crippen LogP contribution in [-0.2, 0) is 6.18 Å². The van der Waals surface area contributed by atoms with Gasteiger partial charge in [-0.1, -0.05) is 0 Å². The van der Waals surface area contributed by atoms with E-state index < -0.39 is 34.7 Å². The zero-order valence-corrected chi connectivity index (χ0v) is 22.0. The molecule has 0 radical (unpaired) electrons. The standard InChI is InChI=1S/C24H32F3N5O3S/c1-13-8-7-9-32(13)21(34)17-18(36-20(30-17)19(33)29-12-23(5,6)35)14-11-28-16(31-22(2,3)4)10-15(14)24(25,26)27/h10-11,13,35H,7-9,12H2,1-6H3,(H,28,31)(H,29,33)/t13-/m0/s1. The highest BCUT2D eigenvalue weighted by Gasteiger charge is 2.38. The van der Waals surface area contributed by atoms with Gasteiger partial charge in [0, 0.05) is 36.4 Å². The van der Waals surface area contributed by atoms with Gasteiger partial charge in [0.05, 0.1) is 16.0 Å². The third kappa shape index (κ3) is 6.73. The zero-order valence-electron chi connectivity index (χ0n) is 21.2. The maximum atomic E-state index is 14.2. The van der Waals surface area contributed by atoms with Crippen LogP contribution in [0.25, 0.3) is 10.4 Å². The summed E-state index contributed by atoms with van der Waals surface area (Å²) in [7, 11) is 0. The molecule has 0 saturated carbocycles. The minimum Gasteiger partial charge on any atom is -0.389 e. The maximum Gasteiger partial charge on any atom is 0.417 e. The Balaban J connectivity index is 2.14. The molecule has 0 aliphatic carbocycles. The average molecular weight is 528 g/mol. The van der Waals surface area contributed by atoms with Crippen molar-refractivity contribution in [2.24, 2.45) is 0 Å². The summed E-state index contributed by atoms with van der Waals surface area (Å²) in [5, 5.41) is 15.2. The first-order valence-electron chi connectivity index (χ1n) is 11.6. The summed E-state index contributed by atoms with van der Waals surface area (Å²) in [6.45, 7) is 10.6. The second-order valence-electron chi connectivity index (χ2n) is 10.7. The van der Waals surface area contributed by atoms with Crippen molar-refractivity contribution in [2.45, 2.75) is 77.7 Å². The predicted octanol–water partition coefficient (Wildman–Crippen LogP) is 4.56. The number of amides is 2. The molecular formula is C24H32F3N5O3S. The number of aliphatic hydroxyl groups is 1. The van der Waals surface area contributed by atoms with Gasteiger partial charge in [-0.25, -0.2) is 9.97 Å². The van der Waals surface area contributed by atoms with Crippen molar-refractivity contribution in [1.29, 1.82) is 0 Å². The molecule has 3 N–H and O–H groups in total. The number of anilines is 1. The highest BCUT2D eigenvalue weighted by molar-refractivity contribution is 7.17. The van der Waals surface area contributed by atoms with Gasteiger partial charge in [0.25, 0.3) is 11.8 Å². The Labute approximate surface area is 212 Å². The van der Waals surface area contributed by atoms with Gasteiger partial charge >= 0.3 is 6.18 Å². The quantitative estimate of drug-likeness (QED) is 0.509. The SMILES string of the molecule is C[C@H]1CCCN1C(=O)c1nc(C(=O)NCC(C)(C)O)sc1-c1cnc(NC(C)(C)C)cc1C(F)(F)F. The lowest BCUT2D eigenvalue weighted by Gasteiger charge is -2.23. The maximum absolute atomic E-state index is 14.2. The lowest BCUT2D eigenvalue weighted by molar-refractivity contribution is -0.137. The van der Waals surface area contributed by atoms with Crippen LogP contribution in [0.4, 0.5) is 19.0 Å². The van der Waals surface area contributed by atoms with E-state index in [1.165, 1.54) is 13.8 Å². The number of halogens is 3. The number of carbonyl (C=O) groups is 2. The topological polar surface area (TPSA) is 107 Å². The Hall–Kier alpha value is -2.73. The zero-order chi connectivity index (χ0) is 27.1. The molecule has 2 aromatic heterocycles. The number of alkyl halides is 3. The van der Waals surface area contributed by atoms with Crippen molar-refractivity contribution >= 4 is 29.0 Å². The monoisotopic (exact) mass is 527 g/mol. The van der Waals surface area contributed by atoms with Crippen molar-refractivity contribution in [3.8, 4) is 10.4 Å². The van der Waals surface area contributed by atoms with Gasteiger partial charge in [0.2, 0.25) is 0 Å². The number of rotatable bonds is 6. The van der Waals surface area contributed by atoms with Crippen LogP contribution in [0.3, 0.4) is 0 Å². The van der Waals surface area contributed by atoms with Gasteiger partial charge in [-0.15, -0.1) is 11.3 Å². The lowest BCUT2D eigenvalue weighted by Crippen LogP contribution is -2.38. The van der Waals surface area contributed by atoms with Crippen molar-refractivity contribution in [3.05, 3.63) is 28.5 Å². The van der Waals surface area contributed by atoms with E-state index in [9.17, 15) is 27.9 Å². The molecule has 36 heavy (non-hydrogen) atoms. The second kappa shape index (κ2) is 9.97. The number of likely N-dealkylation sites (tertiary alicyclic amines) is 1. The van der Waals surface area contributed by atoms with Gasteiger partial charge in [-0.3, -0.25) is 9.59 Å². The molecule has 0 aromatic carbocycles. The van der Waals surface area contributed by atoms with E-state index in [4.69, 9.17) is 0 Å². The number of hydrogen-bond acceptors (Lipinski definition) is 7. The van der Waals surface area contributed by atoms with Crippen LogP contribution in [0.15, 0.2) is 12.3 Å². The Morgan fingerprint density at radius 1 is 1.22 bits per heavy atom. The van der Waals surface area contributed by atoms with Crippen LogP contribution >= 0.6 is 11.3 Å². The van der Waals surface area contributed by atoms with Crippen molar-refractivity contribution in [2.75, 3.05) is 18.4 Å². The number of nitrogens with one attached hydrogen (secondary N) is 2. The van der Waals surface area contributed by atoms with E-state index in [1.807, 2.05) is 6.92 Å². The van der Waals surface area contributed by atoms with Crippen LogP contribution in [0.5, 0.6) is 0 Å². The summed E-state index contributed by atoms with van der Waals surface area (Å²) in [6.07, 6.45) is -2.14. The van der Waals surface area contributed by atoms with E-state index in [0.29, 0.717) is 17.9 Å². The van der Waals surface area contributed by atoms with E-state index >= 15 is 0 Å². The highest BCUT2D eigenvalue weighted by atomic mass is 32.1. The summed E-state index contributed by atoms with van der Waals surface area (Å²) >= 11 is 0.696. The summed E-state index contributed by atoms with van der Waals surface area (Å²) < 4.78 is 42.6. The van der Waals surface area contributed by atoms with E-state index in [1.54, 1.807) is 25.7 Å². The molecule has 1 saturated heterocycles. The number of carbonyl (C=O) groups excluding carboxylic acids is 2. The average Bonchev–Trinajstić information content (AvgIpc) is 3.36. The van der Waals surface area contributed by atoms with Gasteiger partial charge in [0.15, 0.2) is 5.01 Å². The Bertz CT molecular complexity index is 1140. The predicted molar refractivity (Wildman–Crippen MR) is 132 cm³/mol. The molecule has 8 nitrogen and oxygen atoms in total. The second-order valence-corrected chi connectivity index (χ2v) is 11.7. The molecule has 0 bridgehead atoms. The first-order valence-corrected chi connectivity index (χ1v) is 12.5. The number of thiazole rings is 1. The number of nitrogens with zero attached hydrogens (tertiary/aromatic N) is 3. The molecule has 1 atom stereocenters. The van der Waals surface area contributed by atoms with Crippen molar-refractivity contribution in [3.63, 3.8) is 0 Å². The molecule has 1 fully saturated rings. The minimum atomic E-state index is -4.75. The molecule has 2 aromatic rings. The minimum absolute atomic E-state index is 0.0345.